The number of amides is 1. The molecule has 7 nitrogen and oxygen atoms in total. The Hall–Kier alpha value is -3.74. The molecule has 2 aromatic carbocycles. The van der Waals surface area contributed by atoms with E-state index in [1.54, 1.807) is 13.2 Å². The average Bonchev–Trinajstić information content (AvgIpc) is 3.31. The number of aryl methyl sites for hydroxylation is 2. The summed E-state index contributed by atoms with van der Waals surface area (Å²) in [5.74, 6) is 1.14. The maximum absolute atomic E-state index is 13.1. The number of rotatable bonds is 3. The van der Waals surface area contributed by atoms with Crippen molar-refractivity contribution >= 4 is 27.7 Å². The quantitative estimate of drug-likeness (QED) is 0.585. The van der Waals surface area contributed by atoms with E-state index >= 15 is 0 Å². The molecular formula is C22H19N3O4. The number of carbonyl (C=O) groups is 1. The van der Waals surface area contributed by atoms with Crippen LogP contribution >= 0.6 is 0 Å². The number of pyridine rings is 1. The molecule has 1 amide bonds. The number of aromatic nitrogens is 2. The highest BCUT2D eigenvalue weighted by Gasteiger charge is 2.20. The van der Waals surface area contributed by atoms with E-state index in [4.69, 9.17) is 9.47 Å². The molecule has 0 atom stereocenters. The van der Waals surface area contributed by atoms with Crippen molar-refractivity contribution in [1.82, 2.24) is 14.5 Å². The van der Waals surface area contributed by atoms with Gasteiger partial charge in [-0.3, -0.25) is 9.59 Å². The van der Waals surface area contributed by atoms with Crippen LogP contribution in [0.1, 0.15) is 15.9 Å². The highest BCUT2D eigenvalue weighted by Crippen LogP contribution is 2.32. The lowest BCUT2D eigenvalue weighted by Gasteiger charge is -2.10. The van der Waals surface area contributed by atoms with Crippen molar-refractivity contribution in [3.8, 4) is 11.5 Å². The van der Waals surface area contributed by atoms with Crippen molar-refractivity contribution in [1.29, 1.82) is 0 Å². The van der Waals surface area contributed by atoms with Gasteiger partial charge in [0.05, 0.1) is 5.56 Å². The molecule has 3 heterocycles. The van der Waals surface area contributed by atoms with E-state index in [1.165, 1.54) is 4.57 Å². The van der Waals surface area contributed by atoms with E-state index in [-0.39, 0.29) is 18.3 Å². The molecule has 0 bridgehead atoms. The van der Waals surface area contributed by atoms with Crippen LogP contribution < -0.4 is 20.3 Å². The number of para-hydroxylation sites is 1. The van der Waals surface area contributed by atoms with Gasteiger partial charge in [0.25, 0.3) is 11.5 Å². The third-order valence-corrected chi connectivity index (χ3v) is 5.36. The van der Waals surface area contributed by atoms with Gasteiger partial charge in [-0.15, -0.1) is 0 Å². The van der Waals surface area contributed by atoms with E-state index in [9.17, 15) is 9.59 Å². The Morgan fingerprint density at radius 1 is 1.10 bits per heavy atom. The molecule has 0 fully saturated rings. The third-order valence-electron chi connectivity index (χ3n) is 5.36. The largest absolute Gasteiger partial charge is 0.454 e. The van der Waals surface area contributed by atoms with Crippen molar-refractivity contribution in [3.05, 3.63) is 70.1 Å². The number of hydrogen-bond acceptors (Lipinski definition) is 4. The maximum atomic E-state index is 13.1. The van der Waals surface area contributed by atoms with Gasteiger partial charge in [-0.25, -0.2) is 0 Å². The van der Waals surface area contributed by atoms with E-state index in [1.807, 2.05) is 54.1 Å². The smallest absolute Gasteiger partial charge is 0.274 e. The van der Waals surface area contributed by atoms with Crippen molar-refractivity contribution < 1.29 is 14.3 Å². The molecule has 2 aromatic heterocycles. The number of benzene rings is 2. The molecule has 0 unspecified atom stereocenters. The number of carbonyl (C=O) groups excluding carboxylic acids is 1. The molecule has 5 rings (SSSR count). The second-order valence-corrected chi connectivity index (χ2v) is 7.13. The summed E-state index contributed by atoms with van der Waals surface area (Å²) in [6, 6.07) is 13.3. The standard InChI is InChI=1S/C22H19N3O4/c1-24-11-15(19-14-5-3-4-6-16(14)25(2)20(19)22(24)27)21(26)23-10-13-7-8-17-18(9-13)29-12-28-17/h3-9,11H,10,12H2,1-2H3,(H,23,26). The van der Waals surface area contributed by atoms with Crippen molar-refractivity contribution in [3.63, 3.8) is 0 Å². The Labute approximate surface area is 166 Å². The van der Waals surface area contributed by atoms with Gasteiger partial charge in [-0.1, -0.05) is 24.3 Å². The molecule has 1 aliphatic rings. The van der Waals surface area contributed by atoms with Gasteiger partial charge in [-0.05, 0) is 23.8 Å². The van der Waals surface area contributed by atoms with E-state index in [0.29, 0.717) is 34.5 Å². The Bertz CT molecular complexity index is 1350. The normalized spacial score (nSPS) is 12.6. The van der Waals surface area contributed by atoms with E-state index in [2.05, 4.69) is 5.32 Å². The summed E-state index contributed by atoms with van der Waals surface area (Å²) < 4.78 is 14.0. The summed E-state index contributed by atoms with van der Waals surface area (Å²) in [4.78, 5) is 25.9. The van der Waals surface area contributed by atoms with Gasteiger partial charge in [0.2, 0.25) is 6.79 Å². The first kappa shape index (κ1) is 17.4. The molecule has 4 aromatic rings. The Kier molecular flexibility index (Phi) is 3.84. The van der Waals surface area contributed by atoms with Crippen molar-refractivity contribution in [2.45, 2.75) is 6.54 Å². The summed E-state index contributed by atoms with van der Waals surface area (Å²) in [5.41, 5.74) is 2.67. The average molecular weight is 389 g/mol. The number of fused-ring (bicyclic) bond motifs is 4. The molecule has 146 valence electrons. The lowest BCUT2D eigenvalue weighted by Crippen LogP contribution is -2.26. The monoisotopic (exact) mass is 389 g/mol. The lowest BCUT2D eigenvalue weighted by molar-refractivity contribution is 0.0952. The molecule has 0 spiro atoms. The molecule has 1 aliphatic heterocycles. The Balaban J connectivity index is 1.56. The zero-order valence-electron chi connectivity index (χ0n) is 16.1. The van der Waals surface area contributed by atoms with Crippen LogP contribution in [0.2, 0.25) is 0 Å². The lowest BCUT2D eigenvalue weighted by atomic mass is 10.1. The summed E-state index contributed by atoms with van der Waals surface area (Å²) >= 11 is 0. The fourth-order valence-electron chi connectivity index (χ4n) is 3.90. The van der Waals surface area contributed by atoms with Gasteiger partial charge in [0.1, 0.15) is 5.52 Å². The summed E-state index contributed by atoms with van der Waals surface area (Å²) in [5, 5.41) is 4.52. The number of nitrogens with zero attached hydrogens (tertiary/aromatic N) is 2. The fraction of sp³-hybridized carbons (Fsp3) is 0.182. The first-order valence-corrected chi connectivity index (χ1v) is 9.28. The minimum absolute atomic E-state index is 0.133. The highest BCUT2D eigenvalue weighted by molar-refractivity contribution is 6.17. The number of hydrogen-bond donors (Lipinski definition) is 1. The zero-order chi connectivity index (χ0) is 20.1. The molecule has 29 heavy (non-hydrogen) atoms. The predicted molar refractivity (Wildman–Crippen MR) is 109 cm³/mol. The van der Waals surface area contributed by atoms with Gasteiger partial charge in [-0.2, -0.15) is 0 Å². The van der Waals surface area contributed by atoms with Gasteiger partial charge < -0.3 is 23.9 Å². The molecule has 1 N–H and O–H groups in total. The first-order chi connectivity index (χ1) is 14.0. The molecular weight excluding hydrogens is 370 g/mol. The van der Waals surface area contributed by atoms with Gasteiger partial charge in [0.15, 0.2) is 11.5 Å². The second-order valence-electron chi connectivity index (χ2n) is 7.13. The highest BCUT2D eigenvalue weighted by atomic mass is 16.7. The molecule has 7 heteroatoms. The van der Waals surface area contributed by atoms with Crippen LogP contribution in [0.5, 0.6) is 11.5 Å². The third kappa shape index (κ3) is 2.66. The minimum Gasteiger partial charge on any atom is -0.454 e. The van der Waals surface area contributed by atoms with Crippen LogP contribution in [-0.2, 0) is 20.6 Å². The van der Waals surface area contributed by atoms with Crippen LogP contribution in [-0.4, -0.2) is 21.8 Å². The predicted octanol–water partition coefficient (Wildman–Crippen LogP) is 2.69. The van der Waals surface area contributed by atoms with Crippen molar-refractivity contribution in [2.24, 2.45) is 14.1 Å². The molecule has 0 radical (unpaired) electrons. The summed E-state index contributed by atoms with van der Waals surface area (Å²) in [6.07, 6.45) is 1.60. The van der Waals surface area contributed by atoms with Crippen LogP contribution in [0, 0.1) is 0 Å². The summed E-state index contributed by atoms with van der Waals surface area (Å²) in [6.45, 7) is 0.548. The Morgan fingerprint density at radius 3 is 2.76 bits per heavy atom. The number of nitrogens with one attached hydrogen (secondary N) is 1. The van der Waals surface area contributed by atoms with Crippen LogP contribution in [0.25, 0.3) is 21.8 Å². The van der Waals surface area contributed by atoms with E-state index < -0.39 is 0 Å². The molecule has 0 aliphatic carbocycles. The minimum atomic E-state index is -0.236. The number of ether oxygens (including phenoxy) is 2. The van der Waals surface area contributed by atoms with E-state index in [0.717, 1.165) is 16.5 Å². The van der Waals surface area contributed by atoms with Crippen LogP contribution in [0.4, 0.5) is 0 Å². The maximum Gasteiger partial charge on any atom is 0.274 e. The van der Waals surface area contributed by atoms with Crippen molar-refractivity contribution in [2.75, 3.05) is 6.79 Å². The molecule has 0 saturated heterocycles. The van der Waals surface area contributed by atoms with Crippen LogP contribution in [0.15, 0.2) is 53.5 Å². The van der Waals surface area contributed by atoms with Crippen LogP contribution in [0.3, 0.4) is 0 Å². The topological polar surface area (TPSA) is 74.5 Å². The SMILES string of the molecule is Cn1cc(C(=O)NCc2ccc3c(c2)OCO3)c2c3ccccc3n(C)c2c1=O. The van der Waals surface area contributed by atoms with Gasteiger partial charge >= 0.3 is 0 Å². The fourth-order valence-corrected chi connectivity index (χ4v) is 3.90. The summed E-state index contributed by atoms with van der Waals surface area (Å²) in [7, 11) is 3.51. The van der Waals surface area contributed by atoms with Gasteiger partial charge in [0, 0.05) is 43.1 Å². The zero-order valence-corrected chi connectivity index (χ0v) is 16.1. The molecule has 0 saturated carbocycles. The Morgan fingerprint density at radius 2 is 1.90 bits per heavy atom. The first-order valence-electron chi connectivity index (χ1n) is 9.28. The second kappa shape index (κ2) is 6.41.